The summed E-state index contributed by atoms with van der Waals surface area (Å²) in [6.45, 7) is 1.60. The lowest BCUT2D eigenvalue weighted by Gasteiger charge is -2.23. The van der Waals surface area contributed by atoms with Crippen LogP contribution >= 0.6 is 0 Å². The Balaban J connectivity index is 2.28. The molecule has 2 rings (SSSR count). The average molecular weight is 231 g/mol. The lowest BCUT2D eigenvalue weighted by molar-refractivity contribution is 0.0528. The Kier molecular flexibility index (Phi) is 3.20. The summed E-state index contributed by atoms with van der Waals surface area (Å²) in [5.41, 5.74) is -0.217. The summed E-state index contributed by atoms with van der Waals surface area (Å²) in [6.07, 6.45) is 1.95. The largest absolute Gasteiger partial charge is 0.385 e. The van der Waals surface area contributed by atoms with Crippen molar-refractivity contribution in [3.8, 4) is 0 Å². The van der Waals surface area contributed by atoms with Gasteiger partial charge >= 0.3 is 0 Å². The molecular weight excluding hydrogens is 217 g/mol. The summed E-state index contributed by atoms with van der Waals surface area (Å²) in [5, 5.41) is 10.3. The van der Waals surface area contributed by atoms with E-state index in [1.54, 1.807) is 37.4 Å². The van der Waals surface area contributed by atoms with Gasteiger partial charge in [0.05, 0.1) is 5.60 Å². The summed E-state index contributed by atoms with van der Waals surface area (Å²) in [5.74, 6) is -0.395. The first-order valence-electron chi connectivity index (χ1n) is 5.47. The number of hydrogen-bond acceptors (Lipinski definition) is 2. The number of nitrogens with zero attached hydrogens (tertiary/aromatic N) is 1. The lowest BCUT2D eigenvalue weighted by atomic mass is 9.90. The van der Waals surface area contributed by atoms with Crippen molar-refractivity contribution in [1.82, 2.24) is 4.98 Å². The third-order valence-electron chi connectivity index (χ3n) is 2.71. The zero-order valence-electron chi connectivity index (χ0n) is 9.60. The number of benzene rings is 1. The molecular formula is C14H14FNO. The minimum absolute atomic E-state index is 0.286. The molecule has 1 aromatic carbocycles. The van der Waals surface area contributed by atoms with Crippen LogP contribution in [0.5, 0.6) is 0 Å². The van der Waals surface area contributed by atoms with Crippen LogP contribution in [0.1, 0.15) is 18.2 Å². The molecule has 0 aliphatic carbocycles. The van der Waals surface area contributed by atoms with E-state index < -0.39 is 11.4 Å². The van der Waals surface area contributed by atoms with E-state index in [0.717, 1.165) is 5.69 Å². The molecule has 0 aliphatic rings. The second kappa shape index (κ2) is 4.63. The van der Waals surface area contributed by atoms with Gasteiger partial charge in [-0.25, -0.2) is 4.39 Å². The summed E-state index contributed by atoms with van der Waals surface area (Å²) in [7, 11) is 0. The molecule has 0 amide bonds. The van der Waals surface area contributed by atoms with Crippen molar-refractivity contribution in [2.24, 2.45) is 0 Å². The first-order valence-corrected chi connectivity index (χ1v) is 5.47. The quantitative estimate of drug-likeness (QED) is 0.881. The number of rotatable bonds is 3. The molecule has 2 nitrogen and oxygen atoms in total. The van der Waals surface area contributed by atoms with Crippen molar-refractivity contribution < 1.29 is 9.50 Å². The second-order valence-corrected chi connectivity index (χ2v) is 4.25. The van der Waals surface area contributed by atoms with Gasteiger partial charge in [-0.3, -0.25) is 4.98 Å². The first kappa shape index (κ1) is 11.7. The van der Waals surface area contributed by atoms with Gasteiger partial charge in [-0.2, -0.15) is 0 Å². The van der Waals surface area contributed by atoms with Crippen molar-refractivity contribution in [2.75, 3.05) is 0 Å². The summed E-state index contributed by atoms with van der Waals surface area (Å²) in [6, 6.07) is 11.7. The van der Waals surface area contributed by atoms with E-state index in [4.69, 9.17) is 0 Å². The molecule has 0 saturated heterocycles. The SMILES string of the molecule is CC(O)(Cc1ccccn1)c1ccccc1F. The van der Waals surface area contributed by atoms with E-state index in [-0.39, 0.29) is 6.42 Å². The summed E-state index contributed by atoms with van der Waals surface area (Å²) < 4.78 is 13.6. The minimum Gasteiger partial charge on any atom is -0.385 e. The normalized spacial score (nSPS) is 14.3. The number of aromatic nitrogens is 1. The molecule has 1 unspecified atom stereocenters. The van der Waals surface area contributed by atoms with Gasteiger partial charge < -0.3 is 5.11 Å². The Labute approximate surface area is 99.8 Å². The fraction of sp³-hybridized carbons (Fsp3) is 0.214. The van der Waals surface area contributed by atoms with Crippen LogP contribution in [0, 0.1) is 5.82 Å². The van der Waals surface area contributed by atoms with Crippen LogP contribution in [0.2, 0.25) is 0 Å². The third kappa shape index (κ3) is 2.68. The highest BCUT2D eigenvalue weighted by atomic mass is 19.1. The van der Waals surface area contributed by atoms with Crippen LogP contribution in [0.25, 0.3) is 0 Å². The van der Waals surface area contributed by atoms with Crippen LogP contribution in [0.15, 0.2) is 48.7 Å². The fourth-order valence-corrected chi connectivity index (χ4v) is 1.85. The van der Waals surface area contributed by atoms with Gasteiger partial charge in [-0.1, -0.05) is 24.3 Å². The van der Waals surface area contributed by atoms with Gasteiger partial charge in [-0.15, -0.1) is 0 Å². The van der Waals surface area contributed by atoms with Crippen LogP contribution in [-0.2, 0) is 12.0 Å². The van der Waals surface area contributed by atoms with Crippen molar-refractivity contribution in [3.05, 3.63) is 65.7 Å². The number of aliphatic hydroxyl groups is 1. The highest BCUT2D eigenvalue weighted by Crippen LogP contribution is 2.26. The Morgan fingerprint density at radius 2 is 1.88 bits per heavy atom. The fourth-order valence-electron chi connectivity index (χ4n) is 1.85. The van der Waals surface area contributed by atoms with Gasteiger partial charge in [0.15, 0.2) is 0 Å². The third-order valence-corrected chi connectivity index (χ3v) is 2.71. The molecule has 0 fully saturated rings. The zero-order chi connectivity index (χ0) is 12.3. The standard InChI is InChI=1S/C14H14FNO/c1-14(17,10-11-6-4-5-9-16-11)12-7-2-3-8-13(12)15/h2-9,17H,10H2,1H3. The topological polar surface area (TPSA) is 33.1 Å². The van der Waals surface area contributed by atoms with Crippen molar-refractivity contribution in [1.29, 1.82) is 0 Å². The molecule has 0 bridgehead atoms. The maximum atomic E-state index is 13.6. The molecule has 88 valence electrons. The molecule has 17 heavy (non-hydrogen) atoms. The molecule has 1 N–H and O–H groups in total. The van der Waals surface area contributed by atoms with Gasteiger partial charge in [-0.05, 0) is 25.1 Å². The number of hydrogen-bond donors (Lipinski definition) is 1. The highest BCUT2D eigenvalue weighted by Gasteiger charge is 2.26. The maximum Gasteiger partial charge on any atom is 0.129 e. The summed E-state index contributed by atoms with van der Waals surface area (Å²) in [4.78, 5) is 4.14. The Bertz CT molecular complexity index is 497. The molecule has 1 atom stereocenters. The molecule has 1 heterocycles. The minimum atomic E-state index is -1.25. The van der Waals surface area contributed by atoms with Crippen molar-refractivity contribution in [2.45, 2.75) is 18.9 Å². The van der Waals surface area contributed by atoms with E-state index in [1.165, 1.54) is 6.07 Å². The lowest BCUT2D eigenvalue weighted by Crippen LogP contribution is -2.26. The molecule has 0 radical (unpaired) electrons. The molecule has 2 aromatic rings. The Hall–Kier alpha value is -1.74. The number of pyridine rings is 1. The van der Waals surface area contributed by atoms with Crippen LogP contribution < -0.4 is 0 Å². The monoisotopic (exact) mass is 231 g/mol. The average Bonchev–Trinajstić information content (AvgIpc) is 2.30. The van der Waals surface area contributed by atoms with Crippen molar-refractivity contribution >= 4 is 0 Å². The Morgan fingerprint density at radius 3 is 2.53 bits per heavy atom. The molecule has 0 saturated carbocycles. The van der Waals surface area contributed by atoms with Crippen molar-refractivity contribution in [3.63, 3.8) is 0 Å². The van der Waals surface area contributed by atoms with Crippen LogP contribution in [-0.4, -0.2) is 10.1 Å². The summed E-state index contributed by atoms with van der Waals surface area (Å²) >= 11 is 0. The van der Waals surface area contributed by atoms with E-state index >= 15 is 0 Å². The molecule has 1 aromatic heterocycles. The van der Waals surface area contributed by atoms with Crippen LogP contribution in [0.3, 0.4) is 0 Å². The van der Waals surface area contributed by atoms with E-state index in [0.29, 0.717) is 5.56 Å². The zero-order valence-corrected chi connectivity index (χ0v) is 9.60. The number of halogens is 1. The van der Waals surface area contributed by atoms with Gasteiger partial charge in [0.1, 0.15) is 5.82 Å². The smallest absolute Gasteiger partial charge is 0.129 e. The predicted octanol–water partition coefficient (Wildman–Crippen LogP) is 2.67. The first-order chi connectivity index (χ1) is 8.09. The second-order valence-electron chi connectivity index (χ2n) is 4.25. The van der Waals surface area contributed by atoms with Crippen LogP contribution in [0.4, 0.5) is 4.39 Å². The molecule has 0 spiro atoms. The van der Waals surface area contributed by atoms with Gasteiger partial charge in [0, 0.05) is 23.9 Å². The van der Waals surface area contributed by atoms with E-state index in [9.17, 15) is 9.50 Å². The van der Waals surface area contributed by atoms with Gasteiger partial charge in [0.2, 0.25) is 0 Å². The Morgan fingerprint density at radius 1 is 1.18 bits per heavy atom. The molecule has 3 heteroatoms. The van der Waals surface area contributed by atoms with E-state index in [1.807, 2.05) is 12.1 Å². The van der Waals surface area contributed by atoms with Gasteiger partial charge in [0.25, 0.3) is 0 Å². The predicted molar refractivity (Wildman–Crippen MR) is 63.9 cm³/mol. The molecule has 0 aliphatic heterocycles. The highest BCUT2D eigenvalue weighted by molar-refractivity contribution is 5.25. The van der Waals surface area contributed by atoms with E-state index in [2.05, 4.69) is 4.98 Å². The maximum absolute atomic E-state index is 13.6.